The molecular formula is C15H18F3NO2. The predicted molar refractivity (Wildman–Crippen MR) is 71.8 cm³/mol. The Balaban J connectivity index is 2.07. The molecule has 0 aliphatic carbocycles. The number of carboxylic acid groups (broad SMARTS) is 1. The first-order chi connectivity index (χ1) is 9.77. The summed E-state index contributed by atoms with van der Waals surface area (Å²) in [6, 6.07) is 5.19. The van der Waals surface area contributed by atoms with Crippen LogP contribution in [0.4, 0.5) is 13.2 Å². The molecule has 1 aliphatic heterocycles. The van der Waals surface area contributed by atoms with E-state index in [4.69, 9.17) is 5.11 Å². The lowest BCUT2D eigenvalue weighted by molar-refractivity contribution is -0.138. The first kappa shape index (κ1) is 15.8. The van der Waals surface area contributed by atoms with Gasteiger partial charge >= 0.3 is 12.1 Å². The zero-order valence-electron chi connectivity index (χ0n) is 11.7. The van der Waals surface area contributed by atoms with Gasteiger partial charge in [0.1, 0.15) is 0 Å². The number of rotatable bonds is 4. The lowest BCUT2D eigenvalue weighted by Crippen LogP contribution is -2.25. The molecule has 2 atom stereocenters. The maximum absolute atomic E-state index is 12.7. The highest BCUT2D eigenvalue weighted by molar-refractivity contribution is 5.67. The Kier molecular flexibility index (Phi) is 4.56. The highest BCUT2D eigenvalue weighted by Gasteiger charge is 2.32. The number of benzene rings is 1. The second kappa shape index (κ2) is 6.05. The number of nitrogens with zero attached hydrogens (tertiary/aromatic N) is 1. The first-order valence-electron chi connectivity index (χ1n) is 6.90. The zero-order chi connectivity index (χ0) is 15.6. The van der Waals surface area contributed by atoms with Crippen LogP contribution >= 0.6 is 0 Å². The molecular weight excluding hydrogens is 283 g/mol. The number of alkyl halides is 3. The fraction of sp³-hybridized carbons (Fsp3) is 0.533. The van der Waals surface area contributed by atoms with Crippen molar-refractivity contribution < 1.29 is 23.1 Å². The van der Waals surface area contributed by atoms with Crippen molar-refractivity contribution in [2.45, 2.75) is 32.0 Å². The highest BCUT2D eigenvalue weighted by atomic mass is 19.4. The molecule has 1 aliphatic rings. The van der Waals surface area contributed by atoms with Crippen LogP contribution in [0.15, 0.2) is 24.3 Å². The van der Waals surface area contributed by atoms with Gasteiger partial charge in [-0.1, -0.05) is 12.1 Å². The maximum Gasteiger partial charge on any atom is 0.416 e. The van der Waals surface area contributed by atoms with Gasteiger partial charge in [-0.25, -0.2) is 0 Å². The summed E-state index contributed by atoms with van der Waals surface area (Å²) in [5.74, 6) is -0.746. The summed E-state index contributed by atoms with van der Waals surface area (Å²) in [6.07, 6.45) is -3.45. The van der Waals surface area contributed by atoms with E-state index in [1.807, 2.05) is 11.8 Å². The molecule has 1 fully saturated rings. The molecule has 1 aromatic carbocycles. The summed E-state index contributed by atoms with van der Waals surface area (Å²) >= 11 is 0. The van der Waals surface area contributed by atoms with Crippen LogP contribution in [0.1, 0.15) is 36.9 Å². The molecule has 0 aromatic heterocycles. The van der Waals surface area contributed by atoms with Crippen molar-refractivity contribution in [2.75, 3.05) is 13.1 Å². The van der Waals surface area contributed by atoms with Gasteiger partial charge in [-0.3, -0.25) is 9.69 Å². The molecule has 2 unspecified atom stereocenters. The summed E-state index contributed by atoms with van der Waals surface area (Å²) in [4.78, 5) is 12.8. The average molecular weight is 301 g/mol. The second-order valence-electron chi connectivity index (χ2n) is 5.55. The van der Waals surface area contributed by atoms with Gasteiger partial charge < -0.3 is 5.11 Å². The van der Waals surface area contributed by atoms with Crippen LogP contribution in [0.25, 0.3) is 0 Å². The molecule has 1 aromatic rings. The summed E-state index contributed by atoms with van der Waals surface area (Å²) in [5.41, 5.74) is -0.0334. The van der Waals surface area contributed by atoms with Gasteiger partial charge in [0, 0.05) is 19.0 Å². The van der Waals surface area contributed by atoms with E-state index in [2.05, 4.69) is 0 Å². The molecule has 0 amide bonds. The summed E-state index contributed by atoms with van der Waals surface area (Å²) in [7, 11) is 0. The van der Waals surface area contributed by atoms with Crippen LogP contribution in [-0.2, 0) is 11.0 Å². The van der Waals surface area contributed by atoms with Crippen molar-refractivity contribution >= 4 is 5.97 Å². The Morgan fingerprint density at radius 2 is 2.19 bits per heavy atom. The van der Waals surface area contributed by atoms with E-state index in [0.29, 0.717) is 12.1 Å². The third-order valence-corrected chi connectivity index (χ3v) is 4.02. The lowest BCUT2D eigenvalue weighted by Gasteiger charge is -2.25. The van der Waals surface area contributed by atoms with E-state index in [1.165, 1.54) is 12.1 Å². The van der Waals surface area contributed by atoms with Gasteiger partial charge in [0.05, 0.1) is 5.56 Å². The summed E-state index contributed by atoms with van der Waals surface area (Å²) in [6.45, 7) is 3.19. The van der Waals surface area contributed by atoms with Crippen LogP contribution in [-0.4, -0.2) is 29.1 Å². The molecule has 1 heterocycles. The van der Waals surface area contributed by atoms with Gasteiger partial charge in [0.2, 0.25) is 0 Å². The minimum atomic E-state index is -4.34. The Morgan fingerprint density at radius 3 is 2.81 bits per heavy atom. The van der Waals surface area contributed by atoms with Crippen LogP contribution in [0.3, 0.4) is 0 Å². The number of halogens is 3. The third-order valence-electron chi connectivity index (χ3n) is 4.02. The monoisotopic (exact) mass is 301 g/mol. The Morgan fingerprint density at radius 1 is 1.48 bits per heavy atom. The Hall–Kier alpha value is -1.56. The minimum absolute atomic E-state index is 0.0794. The van der Waals surface area contributed by atoms with Gasteiger partial charge in [0.25, 0.3) is 0 Å². The normalized spacial score (nSPS) is 21.4. The number of hydrogen-bond donors (Lipinski definition) is 1. The molecule has 1 N–H and O–H groups in total. The molecule has 21 heavy (non-hydrogen) atoms. The van der Waals surface area contributed by atoms with E-state index in [9.17, 15) is 18.0 Å². The van der Waals surface area contributed by atoms with Gasteiger partial charge in [-0.15, -0.1) is 0 Å². The van der Waals surface area contributed by atoms with Crippen molar-refractivity contribution in [3.8, 4) is 0 Å². The lowest BCUT2D eigenvalue weighted by atomic mass is 10.0. The van der Waals surface area contributed by atoms with Crippen molar-refractivity contribution in [1.82, 2.24) is 4.90 Å². The average Bonchev–Trinajstić information content (AvgIpc) is 2.84. The molecule has 116 valence electrons. The van der Waals surface area contributed by atoms with Gasteiger partial charge in [-0.2, -0.15) is 13.2 Å². The molecule has 3 nitrogen and oxygen atoms in total. The molecule has 0 bridgehead atoms. The quantitative estimate of drug-likeness (QED) is 0.924. The fourth-order valence-corrected chi connectivity index (χ4v) is 2.81. The first-order valence-corrected chi connectivity index (χ1v) is 6.90. The van der Waals surface area contributed by atoms with E-state index in [1.54, 1.807) is 6.07 Å². The highest BCUT2D eigenvalue weighted by Crippen LogP contribution is 2.33. The number of aliphatic carboxylic acids is 1. The standard InChI is InChI=1S/C15H18F3NO2/c1-10(19-6-5-11(9-19)7-14(20)21)12-3-2-4-13(8-12)15(16,17)18/h2-4,8,10-11H,5-7,9H2,1H3,(H,20,21). The van der Waals surface area contributed by atoms with Crippen molar-refractivity contribution in [3.63, 3.8) is 0 Å². The number of carboxylic acids is 1. The molecule has 0 radical (unpaired) electrons. The topological polar surface area (TPSA) is 40.5 Å². The fourth-order valence-electron chi connectivity index (χ4n) is 2.81. The Labute approximate surface area is 121 Å². The largest absolute Gasteiger partial charge is 0.481 e. The van der Waals surface area contributed by atoms with E-state index in [0.717, 1.165) is 19.0 Å². The van der Waals surface area contributed by atoms with E-state index in [-0.39, 0.29) is 18.4 Å². The zero-order valence-corrected chi connectivity index (χ0v) is 11.7. The molecule has 0 spiro atoms. The Bertz CT molecular complexity index is 516. The summed E-state index contributed by atoms with van der Waals surface area (Å²) in [5, 5.41) is 8.80. The van der Waals surface area contributed by atoms with Crippen LogP contribution in [0.5, 0.6) is 0 Å². The smallest absolute Gasteiger partial charge is 0.416 e. The summed E-state index contributed by atoms with van der Waals surface area (Å²) < 4.78 is 38.2. The van der Waals surface area contributed by atoms with Crippen LogP contribution < -0.4 is 0 Å². The number of carbonyl (C=O) groups is 1. The van der Waals surface area contributed by atoms with Crippen molar-refractivity contribution in [3.05, 3.63) is 35.4 Å². The number of likely N-dealkylation sites (tertiary alicyclic amines) is 1. The predicted octanol–water partition coefficient (Wildman–Crippen LogP) is 3.56. The van der Waals surface area contributed by atoms with Gasteiger partial charge in [-0.05, 0) is 43.5 Å². The van der Waals surface area contributed by atoms with E-state index >= 15 is 0 Å². The van der Waals surface area contributed by atoms with Gasteiger partial charge in [0.15, 0.2) is 0 Å². The van der Waals surface area contributed by atoms with Crippen LogP contribution in [0, 0.1) is 5.92 Å². The maximum atomic E-state index is 12.7. The van der Waals surface area contributed by atoms with E-state index < -0.39 is 17.7 Å². The molecule has 2 rings (SSSR count). The molecule has 0 saturated carbocycles. The minimum Gasteiger partial charge on any atom is -0.481 e. The molecule has 1 saturated heterocycles. The van der Waals surface area contributed by atoms with Crippen molar-refractivity contribution in [1.29, 1.82) is 0 Å². The molecule has 6 heteroatoms. The third kappa shape index (κ3) is 3.97. The number of hydrogen-bond acceptors (Lipinski definition) is 2. The van der Waals surface area contributed by atoms with Crippen molar-refractivity contribution in [2.24, 2.45) is 5.92 Å². The SMILES string of the molecule is CC(c1cccc(C(F)(F)F)c1)N1CCC(CC(=O)O)C1. The van der Waals surface area contributed by atoms with Crippen LogP contribution in [0.2, 0.25) is 0 Å². The second-order valence-corrected chi connectivity index (χ2v) is 5.55.